The highest BCUT2D eigenvalue weighted by Crippen LogP contribution is 2.26. The SMILES string of the molecule is CCOCCc1cnc2n1CCN(C(=O)c1cocn1)C2C. The maximum atomic E-state index is 12.4. The minimum absolute atomic E-state index is 0.0845. The van der Waals surface area contributed by atoms with E-state index in [-0.39, 0.29) is 11.9 Å². The molecule has 0 spiro atoms. The van der Waals surface area contributed by atoms with Gasteiger partial charge in [0.1, 0.15) is 12.1 Å². The Labute approximate surface area is 128 Å². The molecule has 0 saturated heterocycles. The zero-order valence-electron chi connectivity index (χ0n) is 12.9. The van der Waals surface area contributed by atoms with E-state index in [2.05, 4.69) is 14.5 Å². The highest BCUT2D eigenvalue weighted by atomic mass is 16.5. The van der Waals surface area contributed by atoms with Crippen molar-refractivity contribution >= 4 is 5.91 Å². The molecule has 1 amide bonds. The quantitative estimate of drug-likeness (QED) is 0.786. The van der Waals surface area contributed by atoms with Crippen molar-refractivity contribution in [3.63, 3.8) is 0 Å². The summed E-state index contributed by atoms with van der Waals surface area (Å²) in [6.07, 6.45) is 5.37. The largest absolute Gasteiger partial charge is 0.451 e. The molecule has 2 aromatic heterocycles. The Hall–Kier alpha value is -2.15. The number of carbonyl (C=O) groups excluding carboxylic acids is 1. The first-order valence-electron chi connectivity index (χ1n) is 7.53. The predicted octanol–water partition coefficient (Wildman–Crippen LogP) is 1.67. The number of rotatable bonds is 5. The first-order chi connectivity index (χ1) is 10.7. The van der Waals surface area contributed by atoms with Gasteiger partial charge in [0.2, 0.25) is 0 Å². The van der Waals surface area contributed by atoms with Crippen molar-refractivity contribution in [3.8, 4) is 0 Å². The predicted molar refractivity (Wildman–Crippen MR) is 78.4 cm³/mol. The third kappa shape index (κ3) is 2.64. The van der Waals surface area contributed by atoms with E-state index in [1.54, 1.807) is 4.90 Å². The number of amides is 1. The smallest absolute Gasteiger partial charge is 0.276 e. The molecular weight excluding hydrogens is 284 g/mol. The van der Waals surface area contributed by atoms with Crippen LogP contribution in [0.1, 0.15) is 41.9 Å². The molecule has 2 aromatic rings. The van der Waals surface area contributed by atoms with Gasteiger partial charge in [0, 0.05) is 38.0 Å². The Kier molecular flexibility index (Phi) is 4.24. The molecule has 0 bridgehead atoms. The van der Waals surface area contributed by atoms with Crippen LogP contribution in [0.4, 0.5) is 0 Å². The number of aromatic nitrogens is 3. The highest BCUT2D eigenvalue weighted by molar-refractivity contribution is 5.92. The molecule has 0 saturated carbocycles. The summed E-state index contributed by atoms with van der Waals surface area (Å²) in [5, 5.41) is 0. The third-order valence-electron chi connectivity index (χ3n) is 3.99. The van der Waals surface area contributed by atoms with Gasteiger partial charge in [0.15, 0.2) is 12.1 Å². The van der Waals surface area contributed by atoms with Crippen molar-refractivity contribution < 1.29 is 13.9 Å². The highest BCUT2D eigenvalue weighted by Gasteiger charge is 2.31. The lowest BCUT2D eigenvalue weighted by Gasteiger charge is -2.34. The van der Waals surface area contributed by atoms with Gasteiger partial charge >= 0.3 is 0 Å². The van der Waals surface area contributed by atoms with Gasteiger partial charge < -0.3 is 18.6 Å². The van der Waals surface area contributed by atoms with Crippen LogP contribution in [0.3, 0.4) is 0 Å². The number of imidazole rings is 1. The van der Waals surface area contributed by atoms with Gasteiger partial charge in [-0.15, -0.1) is 0 Å². The molecule has 1 unspecified atom stereocenters. The van der Waals surface area contributed by atoms with Crippen LogP contribution < -0.4 is 0 Å². The molecule has 0 fully saturated rings. The molecule has 118 valence electrons. The van der Waals surface area contributed by atoms with E-state index < -0.39 is 0 Å². The topological polar surface area (TPSA) is 73.4 Å². The second-order valence-electron chi connectivity index (χ2n) is 5.25. The van der Waals surface area contributed by atoms with Crippen LogP contribution in [0, 0.1) is 0 Å². The molecular formula is C15H20N4O3. The Balaban J connectivity index is 1.76. The van der Waals surface area contributed by atoms with Gasteiger partial charge in [0.05, 0.1) is 12.6 Å². The molecule has 0 aromatic carbocycles. The van der Waals surface area contributed by atoms with Crippen molar-refractivity contribution in [1.29, 1.82) is 0 Å². The van der Waals surface area contributed by atoms with Crippen molar-refractivity contribution in [2.75, 3.05) is 19.8 Å². The molecule has 3 rings (SSSR count). The molecule has 1 atom stereocenters. The Morgan fingerprint density at radius 1 is 1.45 bits per heavy atom. The van der Waals surface area contributed by atoms with Crippen LogP contribution in [0.5, 0.6) is 0 Å². The third-order valence-corrected chi connectivity index (χ3v) is 3.99. The van der Waals surface area contributed by atoms with Crippen molar-refractivity contribution in [1.82, 2.24) is 19.4 Å². The van der Waals surface area contributed by atoms with Gasteiger partial charge in [0.25, 0.3) is 5.91 Å². The average Bonchev–Trinajstić information content (AvgIpc) is 3.17. The molecule has 3 heterocycles. The number of fused-ring (bicyclic) bond motifs is 1. The molecule has 0 aliphatic carbocycles. The van der Waals surface area contributed by atoms with Crippen molar-refractivity contribution in [2.45, 2.75) is 32.9 Å². The van der Waals surface area contributed by atoms with Crippen LogP contribution in [-0.4, -0.2) is 45.1 Å². The second kappa shape index (κ2) is 6.31. The van der Waals surface area contributed by atoms with E-state index in [0.717, 1.165) is 31.1 Å². The zero-order chi connectivity index (χ0) is 15.5. The van der Waals surface area contributed by atoms with E-state index in [1.165, 1.54) is 12.7 Å². The van der Waals surface area contributed by atoms with Crippen LogP contribution in [-0.2, 0) is 17.7 Å². The van der Waals surface area contributed by atoms with Gasteiger partial charge in [-0.05, 0) is 13.8 Å². The van der Waals surface area contributed by atoms with Gasteiger partial charge in [-0.25, -0.2) is 9.97 Å². The van der Waals surface area contributed by atoms with Gasteiger partial charge in [-0.2, -0.15) is 0 Å². The zero-order valence-corrected chi connectivity index (χ0v) is 12.9. The summed E-state index contributed by atoms with van der Waals surface area (Å²) in [5.41, 5.74) is 1.49. The molecule has 22 heavy (non-hydrogen) atoms. The molecule has 1 aliphatic heterocycles. The molecule has 0 radical (unpaired) electrons. The maximum absolute atomic E-state index is 12.4. The fraction of sp³-hybridized carbons (Fsp3) is 0.533. The normalized spacial score (nSPS) is 17.5. The van der Waals surface area contributed by atoms with Crippen LogP contribution >= 0.6 is 0 Å². The fourth-order valence-electron chi connectivity index (χ4n) is 2.82. The van der Waals surface area contributed by atoms with E-state index in [1.807, 2.05) is 20.0 Å². The van der Waals surface area contributed by atoms with Crippen LogP contribution in [0.15, 0.2) is 23.3 Å². The average molecular weight is 304 g/mol. The monoisotopic (exact) mass is 304 g/mol. The summed E-state index contributed by atoms with van der Waals surface area (Å²) in [6, 6.07) is -0.0845. The summed E-state index contributed by atoms with van der Waals surface area (Å²) >= 11 is 0. The lowest BCUT2D eigenvalue weighted by atomic mass is 10.2. The van der Waals surface area contributed by atoms with E-state index in [4.69, 9.17) is 9.15 Å². The Bertz CT molecular complexity index is 635. The lowest BCUT2D eigenvalue weighted by Crippen LogP contribution is -2.41. The van der Waals surface area contributed by atoms with Gasteiger partial charge in [-0.1, -0.05) is 0 Å². The number of nitrogens with zero attached hydrogens (tertiary/aromatic N) is 4. The molecule has 7 heteroatoms. The maximum Gasteiger partial charge on any atom is 0.276 e. The van der Waals surface area contributed by atoms with E-state index >= 15 is 0 Å². The number of hydrogen-bond donors (Lipinski definition) is 0. The Morgan fingerprint density at radius 2 is 2.32 bits per heavy atom. The van der Waals surface area contributed by atoms with E-state index in [9.17, 15) is 4.79 Å². The lowest BCUT2D eigenvalue weighted by molar-refractivity contribution is 0.0629. The summed E-state index contributed by atoms with van der Waals surface area (Å²) in [4.78, 5) is 22.7. The number of carbonyl (C=O) groups is 1. The number of hydrogen-bond acceptors (Lipinski definition) is 5. The minimum atomic E-state index is -0.119. The first kappa shape index (κ1) is 14.8. The van der Waals surface area contributed by atoms with Crippen molar-refractivity contribution in [3.05, 3.63) is 36.1 Å². The molecule has 7 nitrogen and oxygen atoms in total. The fourth-order valence-corrected chi connectivity index (χ4v) is 2.82. The van der Waals surface area contributed by atoms with E-state index in [0.29, 0.717) is 18.8 Å². The molecule has 0 N–H and O–H groups in total. The Morgan fingerprint density at radius 3 is 3.05 bits per heavy atom. The van der Waals surface area contributed by atoms with Crippen LogP contribution in [0.25, 0.3) is 0 Å². The summed E-state index contributed by atoms with van der Waals surface area (Å²) in [5.74, 6) is 0.793. The van der Waals surface area contributed by atoms with Crippen molar-refractivity contribution in [2.24, 2.45) is 0 Å². The summed E-state index contributed by atoms with van der Waals surface area (Å²) < 4.78 is 12.5. The second-order valence-corrected chi connectivity index (χ2v) is 5.25. The summed E-state index contributed by atoms with van der Waals surface area (Å²) in [6.45, 7) is 6.77. The molecule has 1 aliphatic rings. The number of oxazole rings is 1. The van der Waals surface area contributed by atoms with Crippen LogP contribution in [0.2, 0.25) is 0 Å². The number of ether oxygens (including phenoxy) is 1. The standard InChI is InChI=1S/C15H20N4O3/c1-3-21-7-4-12-8-16-14-11(2)18(5-6-19(12)14)15(20)13-9-22-10-17-13/h8-11H,3-7H2,1-2H3. The first-order valence-corrected chi connectivity index (χ1v) is 7.53. The van der Waals surface area contributed by atoms with Gasteiger partial charge in [-0.3, -0.25) is 4.79 Å². The summed E-state index contributed by atoms with van der Waals surface area (Å²) in [7, 11) is 0. The minimum Gasteiger partial charge on any atom is -0.451 e.